The van der Waals surface area contributed by atoms with E-state index in [0.29, 0.717) is 36.3 Å². The number of rotatable bonds is 11. The highest BCUT2D eigenvalue weighted by molar-refractivity contribution is 8.11. The molecule has 3 N–H and O–H groups in total. The number of nitriles is 1. The highest BCUT2D eigenvalue weighted by Crippen LogP contribution is 2.31. The molecule has 0 bridgehead atoms. The topological polar surface area (TPSA) is 103 Å². The van der Waals surface area contributed by atoms with Gasteiger partial charge in [0.25, 0.3) is 0 Å². The van der Waals surface area contributed by atoms with E-state index in [1.165, 1.54) is 12.8 Å². The summed E-state index contributed by atoms with van der Waals surface area (Å²) in [6, 6.07) is 17.7. The first-order chi connectivity index (χ1) is 16.1. The van der Waals surface area contributed by atoms with Crippen LogP contribution in [0.4, 0.5) is 11.6 Å². The zero-order valence-corrected chi connectivity index (χ0v) is 19.1. The van der Waals surface area contributed by atoms with Crippen molar-refractivity contribution in [1.29, 1.82) is 5.26 Å². The molecule has 0 spiro atoms. The monoisotopic (exact) mass is 461 g/mol. The zero-order valence-electron chi connectivity index (χ0n) is 18.3. The third-order valence-corrected chi connectivity index (χ3v) is 6.46. The maximum absolute atomic E-state index is 9.56. The number of ether oxygens (including phenoxy) is 1. The van der Waals surface area contributed by atoms with E-state index in [4.69, 9.17) is 9.84 Å². The highest BCUT2D eigenvalue weighted by atomic mass is 32.2. The Labute approximate surface area is 196 Å². The quantitative estimate of drug-likeness (QED) is 0.367. The van der Waals surface area contributed by atoms with Gasteiger partial charge >= 0.3 is 0 Å². The van der Waals surface area contributed by atoms with Gasteiger partial charge in [-0.05, 0) is 60.7 Å². The minimum absolute atomic E-state index is 0.0976. The van der Waals surface area contributed by atoms with E-state index < -0.39 is 0 Å². The van der Waals surface area contributed by atoms with Gasteiger partial charge in [-0.25, -0.2) is 9.97 Å². The number of aliphatic hydroxyl groups is 1. The van der Waals surface area contributed by atoms with Crippen LogP contribution in [-0.2, 0) is 5.75 Å². The predicted octanol–water partition coefficient (Wildman–Crippen LogP) is 4.25. The number of anilines is 2. The van der Waals surface area contributed by atoms with Crippen molar-refractivity contribution in [3.8, 4) is 23.1 Å². The summed E-state index contributed by atoms with van der Waals surface area (Å²) in [5.74, 6) is 6.59. The standard InChI is InChI=1S/C25H27N5O2S/c1-33(28-11-12-31)17-19-3-2-4-22(13-19)29-25-27-10-9-23(30-25)20-7-8-24(21(14-20)15-26)32-16-18-5-6-18/h2-4,7-10,13-14,18,28,31H,1,5-6,11-12,16-17H2,(H,27,29,30). The number of aromatic nitrogens is 2. The molecule has 8 heteroatoms. The van der Waals surface area contributed by atoms with Crippen molar-refractivity contribution in [3.05, 3.63) is 65.9 Å². The number of benzene rings is 2. The van der Waals surface area contributed by atoms with E-state index in [1.54, 1.807) is 6.20 Å². The molecule has 170 valence electrons. The Morgan fingerprint density at radius 1 is 1.21 bits per heavy atom. The second kappa shape index (κ2) is 11.1. The van der Waals surface area contributed by atoms with E-state index in [9.17, 15) is 5.26 Å². The van der Waals surface area contributed by atoms with Crippen LogP contribution in [0.1, 0.15) is 24.0 Å². The summed E-state index contributed by atoms with van der Waals surface area (Å²) < 4.78 is 9.01. The molecule has 33 heavy (non-hydrogen) atoms. The van der Waals surface area contributed by atoms with Crippen molar-refractivity contribution < 1.29 is 9.84 Å². The zero-order chi connectivity index (χ0) is 23.0. The second-order valence-corrected chi connectivity index (χ2v) is 9.49. The van der Waals surface area contributed by atoms with Gasteiger partial charge in [-0.2, -0.15) is 5.26 Å². The lowest BCUT2D eigenvalue weighted by Gasteiger charge is -2.11. The second-order valence-electron chi connectivity index (χ2n) is 7.92. The molecule has 0 aliphatic heterocycles. The van der Waals surface area contributed by atoms with Crippen LogP contribution in [0, 0.1) is 17.2 Å². The molecule has 1 aromatic heterocycles. The van der Waals surface area contributed by atoms with E-state index in [-0.39, 0.29) is 17.3 Å². The van der Waals surface area contributed by atoms with Crippen molar-refractivity contribution in [1.82, 2.24) is 14.7 Å². The van der Waals surface area contributed by atoms with Crippen LogP contribution in [0.2, 0.25) is 0 Å². The average molecular weight is 462 g/mol. The number of nitrogens with zero attached hydrogens (tertiary/aromatic N) is 3. The fourth-order valence-corrected chi connectivity index (χ4v) is 4.35. The van der Waals surface area contributed by atoms with E-state index in [0.717, 1.165) is 28.3 Å². The van der Waals surface area contributed by atoms with Gasteiger partial charge in [0.2, 0.25) is 5.95 Å². The molecule has 0 radical (unpaired) electrons. The van der Waals surface area contributed by atoms with Crippen LogP contribution in [0.3, 0.4) is 0 Å². The fourth-order valence-electron chi connectivity index (χ4n) is 3.28. The summed E-state index contributed by atoms with van der Waals surface area (Å²) >= 11 is 0. The van der Waals surface area contributed by atoms with E-state index in [2.05, 4.69) is 31.9 Å². The summed E-state index contributed by atoms with van der Waals surface area (Å²) in [5, 5.41) is 21.8. The number of nitrogens with one attached hydrogen (secondary N) is 2. The smallest absolute Gasteiger partial charge is 0.227 e. The van der Waals surface area contributed by atoms with Crippen molar-refractivity contribution in [3.63, 3.8) is 0 Å². The molecular weight excluding hydrogens is 434 g/mol. The maximum atomic E-state index is 9.56. The molecule has 1 aliphatic carbocycles. The molecule has 4 rings (SSSR count). The van der Waals surface area contributed by atoms with Crippen LogP contribution in [0.25, 0.3) is 11.3 Å². The molecule has 3 aromatic rings. The average Bonchev–Trinajstić information content (AvgIpc) is 3.66. The number of hydrogen-bond donors (Lipinski definition) is 3. The van der Waals surface area contributed by atoms with Gasteiger partial charge in [0, 0.05) is 29.7 Å². The van der Waals surface area contributed by atoms with Crippen LogP contribution in [0.5, 0.6) is 5.75 Å². The first kappa shape index (κ1) is 22.9. The Bertz CT molecular complexity index is 1170. The molecule has 1 saturated carbocycles. The number of aliphatic hydroxyl groups excluding tert-OH is 1. The van der Waals surface area contributed by atoms with E-state index >= 15 is 0 Å². The van der Waals surface area contributed by atoms with Gasteiger partial charge in [0.05, 0.1) is 24.5 Å². The summed E-state index contributed by atoms with van der Waals surface area (Å²) in [5.41, 5.74) is 4.07. The van der Waals surface area contributed by atoms with Crippen LogP contribution < -0.4 is 14.8 Å². The summed E-state index contributed by atoms with van der Waals surface area (Å²) in [6.45, 7) is 1.30. The largest absolute Gasteiger partial charge is 0.492 e. The molecule has 0 saturated heterocycles. The maximum Gasteiger partial charge on any atom is 0.227 e. The van der Waals surface area contributed by atoms with Crippen molar-refractivity contribution in [2.75, 3.05) is 25.1 Å². The van der Waals surface area contributed by atoms with Gasteiger partial charge in [0.1, 0.15) is 11.8 Å². The molecule has 2 aromatic carbocycles. The lowest BCUT2D eigenvalue weighted by Crippen LogP contribution is -2.12. The molecule has 1 atom stereocenters. The number of hydrogen-bond acceptors (Lipinski definition) is 7. The predicted molar refractivity (Wildman–Crippen MR) is 134 cm³/mol. The summed E-state index contributed by atoms with van der Waals surface area (Å²) in [6.07, 6.45) is 4.11. The SMILES string of the molecule is C=S(Cc1cccc(Nc2nccc(-c3ccc(OCC4CC4)c(C#N)c3)n2)c1)NCCO. The van der Waals surface area contributed by atoms with Gasteiger partial charge in [-0.1, -0.05) is 18.0 Å². The first-order valence-electron chi connectivity index (χ1n) is 10.9. The van der Waals surface area contributed by atoms with Crippen LogP contribution >= 0.6 is 10.7 Å². The van der Waals surface area contributed by atoms with Gasteiger partial charge in [-0.15, -0.1) is 10.7 Å². The van der Waals surface area contributed by atoms with Gasteiger partial charge in [-0.3, -0.25) is 4.72 Å². The van der Waals surface area contributed by atoms with Crippen molar-refractivity contribution in [2.24, 2.45) is 5.92 Å². The lowest BCUT2D eigenvalue weighted by molar-refractivity contribution is 0.299. The Hall–Kier alpha value is -3.25. The molecule has 1 unspecified atom stereocenters. The Balaban J connectivity index is 1.46. The molecule has 0 amide bonds. The van der Waals surface area contributed by atoms with Crippen molar-refractivity contribution >= 4 is 28.2 Å². The van der Waals surface area contributed by atoms with Gasteiger partial charge < -0.3 is 15.2 Å². The fraction of sp³-hybridized carbons (Fsp3) is 0.280. The Kier molecular flexibility index (Phi) is 7.68. The lowest BCUT2D eigenvalue weighted by atomic mass is 10.1. The minimum Gasteiger partial charge on any atom is -0.492 e. The third kappa shape index (κ3) is 6.62. The van der Waals surface area contributed by atoms with Crippen molar-refractivity contribution in [2.45, 2.75) is 18.6 Å². The van der Waals surface area contributed by atoms with Gasteiger partial charge in [0.15, 0.2) is 0 Å². The van der Waals surface area contributed by atoms with Crippen LogP contribution in [-0.4, -0.2) is 40.7 Å². The molecule has 7 nitrogen and oxygen atoms in total. The first-order valence-corrected chi connectivity index (χ1v) is 12.4. The summed E-state index contributed by atoms with van der Waals surface area (Å²) in [7, 11) is -0.266. The molecular formula is C25H27N5O2S. The highest BCUT2D eigenvalue weighted by Gasteiger charge is 2.22. The molecule has 1 aliphatic rings. The Morgan fingerprint density at radius 3 is 2.88 bits per heavy atom. The van der Waals surface area contributed by atoms with E-state index in [1.807, 2.05) is 48.5 Å². The normalized spacial score (nSPS) is 13.8. The minimum atomic E-state index is -0.266. The van der Waals surface area contributed by atoms with Crippen LogP contribution in [0.15, 0.2) is 54.7 Å². The molecule has 1 heterocycles. The Morgan fingerprint density at radius 2 is 2.09 bits per heavy atom. The third-order valence-electron chi connectivity index (χ3n) is 5.16. The molecule has 1 fully saturated rings. The summed E-state index contributed by atoms with van der Waals surface area (Å²) in [4.78, 5) is 8.98.